The standard InChI is InChI=1S/C26H26Cl2N2O2S/c1-26(2,3)30(25(32)18-9-10-20(27)21(28)15-18)16-23(31)29-13-11-22-19(12-14-33-22)24(29)17-7-5-4-6-8-17/h4-10,12,14-15,24H,11,13,16H2,1-3H3/t24-/m1/s1. The summed E-state index contributed by atoms with van der Waals surface area (Å²) < 4.78 is 0. The van der Waals surface area contributed by atoms with Gasteiger partial charge in [0.25, 0.3) is 5.91 Å². The first-order chi connectivity index (χ1) is 15.7. The van der Waals surface area contributed by atoms with Crippen molar-refractivity contribution in [2.75, 3.05) is 13.1 Å². The van der Waals surface area contributed by atoms with Crippen molar-refractivity contribution in [3.8, 4) is 0 Å². The molecule has 0 N–H and O–H groups in total. The molecule has 3 aromatic rings. The van der Waals surface area contributed by atoms with E-state index in [9.17, 15) is 9.59 Å². The molecule has 7 heteroatoms. The molecule has 1 aliphatic rings. The fourth-order valence-corrected chi connectivity index (χ4v) is 5.41. The maximum absolute atomic E-state index is 13.7. The number of benzene rings is 2. The van der Waals surface area contributed by atoms with E-state index in [-0.39, 0.29) is 24.4 Å². The molecule has 0 unspecified atom stereocenters. The second-order valence-corrected chi connectivity index (χ2v) is 11.0. The number of rotatable bonds is 4. The molecule has 0 aliphatic carbocycles. The van der Waals surface area contributed by atoms with Gasteiger partial charge >= 0.3 is 0 Å². The Morgan fingerprint density at radius 2 is 1.79 bits per heavy atom. The molecule has 4 nitrogen and oxygen atoms in total. The van der Waals surface area contributed by atoms with E-state index in [0.717, 1.165) is 12.0 Å². The molecule has 1 atom stereocenters. The maximum atomic E-state index is 13.7. The van der Waals surface area contributed by atoms with Crippen LogP contribution in [-0.4, -0.2) is 40.2 Å². The Balaban J connectivity index is 1.65. The number of nitrogens with zero attached hydrogens (tertiary/aromatic N) is 2. The van der Waals surface area contributed by atoms with Crippen LogP contribution < -0.4 is 0 Å². The lowest BCUT2D eigenvalue weighted by Crippen LogP contribution is -2.52. The number of hydrogen-bond donors (Lipinski definition) is 0. The van der Waals surface area contributed by atoms with Gasteiger partial charge in [-0.15, -0.1) is 11.3 Å². The van der Waals surface area contributed by atoms with Crippen molar-refractivity contribution in [3.63, 3.8) is 0 Å². The van der Waals surface area contributed by atoms with Gasteiger partial charge in [-0.25, -0.2) is 0 Å². The summed E-state index contributed by atoms with van der Waals surface area (Å²) in [4.78, 5) is 32.0. The Morgan fingerprint density at radius 3 is 2.45 bits per heavy atom. The Hall–Kier alpha value is -2.34. The van der Waals surface area contributed by atoms with Gasteiger partial charge in [-0.3, -0.25) is 9.59 Å². The van der Waals surface area contributed by atoms with Crippen molar-refractivity contribution in [2.24, 2.45) is 0 Å². The number of halogens is 2. The van der Waals surface area contributed by atoms with Crippen LogP contribution in [0.2, 0.25) is 10.0 Å². The topological polar surface area (TPSA) is 40.6 Å². The minimum atomic E-state index is -0.565. The van der Waals surface area contributed by atoms with Crippen LogP contribution in [0, 0.1) is 0 Å². The molecule has 1 aromatic heterocycles. The lowest BCUT2D eigenvalue weighted by molar-refractivity contribution is -0.135. The molecule has 0 radical (unpaired) electrons. The molecular formula is C26H26Cl2N2O2S. The van der Waals surface area contributed by atoms with Crippen molar-refractivity contribution in [1.82, 2.24) is 9.80 Å². The summed E-state index contributed by atoms with van der Waals surface area (Å²) in [6.45, 7) is 6.38. The molecule has 172 valence electrons. The summed E-state index contributed by atoms with van der Waals surface area (Å²) in [5.41, 5.74) is 2.09. The first-order valence-electron chi connectivity index (χ1n) is 10.8. The maximum Gasteiger partial charge on any atom is 0.254 e. The first kappa shape index (κ1) is 23.8. The number of carbonyl (C=O) groups excluding carboxylic acids is 2. The quantitative estimate of drug-likeness (QED) is 0.411. The van der Waals surface area contributed by atoms with Gasteiger partial charge in [0.2, 0.25) is 5.91 Å². The Kier molecular flexibility index (Phi) is 6.85. The molecule has 2 amide bonds. The highest BCUT2D eigenvalue weighted by atomic mass is 35.5. The van der Waals surface area contributed by atoms with Gasteiger partial charge in [-0.05, 0) is 68.0 Å². The summed E-state index contributed by atoms with van der Waals surface area (Å²) in [6, 6.07) is 16.8. The largest absolute Gasteiger partial charge is 0.330 e. The average molecular weight is 501 g/mol. The third kappa shape index (κ3) is 4.96. The van der Waals surface area contributed by atoms with E-state index in [0.29, 0.717) is 22.2 Å². The van der Waals surface area contributed by atoms with E-state index in [2.05, 4.69) is 23.6 Å². The van der Waals surface area contributed by atoms with E-state index in [1.807, 2.05) is 43.9 Å². The molecule has 0 saturated heterocycles. The van der Waals surface area contributed by atoms with E-state index in [1.54, 1.807) is 34.4 Å². The molecule has 0 bridgehead atoms. The van der Waals surface area contributed by atoms with Gasteiger partial charge in [0.05, 0.1) is 16.1 Å². The number of amides is 2. The van der Waals surface area contributed by atoms with Crippen LogP contribution in [0.5, 0.6) is 0 Å². The van der Waals surface area contributed by atoms with Crippen LogP contribution >= 0.6 is 34.5 Å². The smallest absolute Gasteiger partial charge is 0.254 e. The normalized spacial score (nSPS) is 15.8. The molecule has 0 saturated carbocycles. The predicted octanol–water partition coefficient (Wildman–Crippen LogP) is 6.47. The van der Waals surface area contributed by atoms with Gasteiger partial charge in [-0.1, -0.05) is 53.5 Å². The number of hydrogen-bond acceptors (Lipinski definition) is 3. The molecule has 2 heterocycles. The van der Waals surface area contributed by atoms with Crippen molar-refractivity contribution in [3.05, 3.63) is 91.6 Å². The molecule has 4 rings (SSSR count). The highest BCUT2D eigenvalue weighted by molar-refractivity contribution is 7.10. The van der Waals surface area contributed by atoms with Crippen LogP contribution in [0.15, 0.2) is 60.0 Å². The second kappa shape index (κ2) is 9.49. The van der Waals surface area contributed by atoms with Crippen LogP contribution in [0.4, 0.5) is 0 Å². The van der Waals surface area contributed by atoms with Crippen LogP contribution in [0.1, 0.15) is 53.2 Å². The molecule has 1 aliphatic heterocycles. The highest BCUT2D eigenvalue weighted by Crippen LogP contribution is 2.38. The number of carbonyl (C=O) groups is 2. The minimum Gasteiger partial charge on any atom is -0.330 e. The van der Waals surface area contributed by atoms with Gasteiger partial charge in [-0.2, -0.15) is 0 Å². The van der Waals surface area contributed by atoms with Gasteiger partial charge < -0.3 is 9.80 Å². The summed E-state index contributed by atoms with van der Waals surface area (Å²) >= 11 is 13.9. The third-order valence-corrected chi connectivity index (χ3v) is 7.65. The molecular weight excluding hydrogens is 475 g/mol. The molecule has 0 spiro atoms. The zero-order chi connectivity index (χ0) is 23.8. The zero-order valence-corrected chi connectivity index (χ0v) is 21.2. The zero-order valence-electron chi connectivity index (χ0n) is 18.8. The fraction of sp³-hybridized carbons (Fsp3) is 0.308. The number of fused-ring (bicyclic) bond motifs is 1. The molecule has 33 heavy (non-hydrogen) atoms. The van der Waals surface area contributed by atoms with Crippen molar-refractivity contribution in [2.45, 2.75) is 38.8 Å². The Labute approximate surface area is 208 Å². The molecule has 2 aromatic carbocycles. The lowest BCUT2D eigenvalue weighted by atomic mass is 9.93. The first-order valence-corrected chi connectivity index (χ1v) is 12.5. The Morgan fingerprint density at radius 1 is 1.06 bits per heavy atom. The molecule has 0 fully saturated rings. The summed E-state index contributed by atoms with van der Waals surface area (Å²) in [7, 11) is 0. The van der Waals surface area contributed by atoms with E-state index in [4.69, 9.17) is 23.2 Å². The monoisotopic (exact) mass is 500 g/mol. The summed E-state index contributed by atoms with van der Waals surface area (Å²) in [5.74, 6) is -0.331. The Bertz CT molecular complexity index is 1170. The third-order valence-electron chi connectivity index (χ3n) is 5.92. The SMILES string of the molecule is CC(C)(C)N(CC(=O)N1CCc2sccc2[C@H]1c1ccccc1)C(=O)c1ccc(Cl)c(Cl)c1. The second-order valence-electron chi connectivity index (χ2n) is 9.14. The van der Waals surface area contributed by atoms with Crippen molar-refractivity contribution < 1.29 is 9.59 Å². The van der Waals surface area contributed by atoms with Crippen LogP contribution in [-0.2, 0) is 11.2 Å². The van der Waals surface area contributed by atoms with Crippen molar-refractivity contribution >= 4 is 46.4 Å². The lowest BCUT2D eigenvalue weighted by Gasteiger charge is -2.40. The fourth-order valence-electron chi connectivity index (χ4n) is 4.20. The average Bonchev–Trinajstić information content (AvgIpc) is 3.26. The van der Waals surface area contributed by atoms with E-state index in [1.165, 1.54) is 10.4 Å². The minimum absolute atomic E-state index is 0.0224. The van der Waals surface area contributed by atoms with Gasteiger partial charge in [0.1, 0.15) is 6.54 Å². The van der Waals surface area contributed by atoms with Crippen LogP contribution in [0.3, 0.4) is 0 Å². The van der Waals surface area contributed by atoms with Gasteiger partial charge in [0, 0.05) is 22.5 Å². The number of thiophene rings is 1. The predicted molar refractivity (Wildman–Crippen MR) is 135 cm³/mol. The van der Waals surface area contributed by atoms with E-state index < -0.39 is 5.54 Å². The van der Waals surface area contributed by atoms with Crippen LogP contribution in [0.25, 0.3) is 0 Å². The van der Waals surface area contributed by atoms with Crippen molar-refractivity contribution in [1.29, 1.82) is 0 Å². The summed E-state index contributed by atoms with van der Waals surface area (Å²) in [5, 5.41) is 2.79. The van der Waals surface area contributed by atoms with E-state index >= 15 is 0 Å². The van der Waals surface area contributed by atoms with Gasteiger partial charge in [0.15, 0.2) is 0 Å². The summed E-state index contributed by atoms with van der Waals surface area (Å²) in [6.07, 6.45) is 0.818. The highest BCUT2D eigenvalue weighted by Gasteiger charge is 2.36.